The van der Waals surface area contributed by atoms with E-state index in [2.05, 4.69) is 10.6 Å². The lowest BCUT2D eigenvalue weighted by Crippen LogP contribution is -2.26. The maximum atomic E-state index is 6.09. The van der Waals surface area contributed by atoms with Crippen LogP contribution in [0.4, 0.5) is 0 Å². The molecule has 21 heavy (non-hydrogen) atoms. The number of halogens is 3. The summed E-state index contributed by atoms with van der Waals surface area (Å²) >= 11 is 12.2. The first-order chi connectivity index (χ1) is 9.77. The van der Waals surface area contributed by atoms with Gasteiger partial charge in [-0.15, -0.1) is 12.4 Å². The third kappa shape index (κ3) is 6.25. The Morgan fingerprint density at radius 1 is 0.667 bits per heavy atom. The molecule has 0 radical (unpaired) electrons. The molecule has 5 heteroatoms. The van der Waals surface area contributed by atoms with Crippen molar-refractivity contribution in [3.8, 4) is 0 Å². The Hall–Kier alpha value is -0.770. The van der Waals surface area contributed by atoms with E-state index in [1.165, 1.54) is 0 Å². The molecule has 0 aliphatic heterocycles. The molecule has 0 bridgehead atoms. The zero-order valence-corrected chi connectivity index (χ0v) is 13.9. The maximum absolute atomic E-state index is 6.09. The molecule has 0 aliphatic rings. The Labute approximate surface area is 142 Å². The van der Waals surface area contributed by atoms with Crippen LogP contribution in [0.1, 0.15) is 11.1 Å². The van der Waals surface area contributed by atoms with Crippen molar-refractivity contribution in [2.24, 2.45) is 0 Å². The Bertz CT molecular complexity index is 497. The molecule has 2 N–H and O–H groups in total. The number of hydrogen-bond acceptors (Lipinski definition) is 2. The van der Waals surface area contributed by atoms with Gasteiger partial charge in [0.15, 0.2) is 0 Å². The first kappa shape index (κ1) is 18.3. The van der Waals surface area contributed by atoms with Crippen LogP contribution in [0.3, 0.4) is 0 Å². The fourth-order valence-corrected chi connectivity index (χ4v) is 2.31. The van der Waals surface area contributed by atoms with Gasteiger partial charge in [0.25, 0.3) is 0 Å². The minimum absolute atomic E-state index is 0. The van der Waals surface area contributed by atoms with Crippen molar-refractivity contribution in [2.75, 3.05) is 13.1 Å². The molecule has 0 saturated carbocycles. The van der Waals surface area contributed by atoms with Crippen LogP contribution in [0.2, 0.25) is 10.0 Å². The quantitative estimate of drug-likeness (QED) is 0.731. The molecule has 0 aliphatic carbocycles. The molecule has 0 spiro atoms. The van der Waals surface area contributed by atoms with E-state index in [9.17, 15) is 0 Å². The van der Waals surface area contributed by atoms with Crippen LogP contribution in [-0.4, -0.2) is 13.1 Å². The summed E-state index contributed by atoms with van der Waals surface area (Å²) < 4.78 is 0. The van der Waals surface area contributed by atoms with Crippen molar-refractivity contribution < 1.29 is 0 Å². The molecule has 0 amide bonds. The van der Waals surface area contributed by atoms with Crippen LogP contribution in [0.15, 0.2) is 48.5 Å². The van der Waals surface area contributed by atoms with E-state index in [4.69, 9.17) is 23.2 Å². The van der Waals surface area contributed by atoms with Gasteiger partial charge < -0.3 is 10.6 Å². The lowest BCUT2D eigenvalue weighted by Gasteiger charge is -2.08. The summed E-state index contributed by atoms with van der Waals surface area (Å²) in [6.45, 7) is 3.34. The lowest BCUT2D eigenvalue weighted by atomic mass is 10.2. The molecular formula is C16H19Cl3N2. The zero-order valence-electron chi connectivity index (χ0n) is 11.6. The molecule has 0 saturated heterocycles. The maximum Gasteiger partial charge on any atom is 0.0450 e. The summed E-state index contributed by atoms with van der Waals surface area (Å²) in [5, 5.41) is 8.35. The predicted octanol–water partition coefficient (Wildman–Crippen LogP) is 4.29. The second-order valence-corrected chi connectivity index (χ2v) is 5.35. The highest BCUT2D eigenvalue weighted by Crippen LogP contribution is 2.14. The van der Waals surface area contributed by atoms with Gasteiger partial charge in [-0.2, -0.15) is 0 Å². The number of nitrogens with one attached hydrogen (secondary N) is 2. The van der Waals surface area contributed by atoms with Crippen molar-refractivity contribution in [1.82, 2.24) is 10.6 Å². The number of rotatable bonds is 7. The van der Waals surface area contributed by atoms with Crippen LogP contribution in [-0.2, 0) is 13.1 Å². The number of hydrogen-bond donors (Lipinski definition) is 2. The summed E-state index contributed by atoms with van der Waals surface area (Å²) in [6, 6.07) is 15.8. The summed E-state index contributed by atoms with van der Waals surface area (Å²) in [6.07, 6.45) is 0. The van der Waals surface area contributed by atoms with Crippen molar-refractivity contribution in [3.63, 3.8) is 0 Å². The second-order valence-electron chi connectivity index (χ2n) is 4.54. The first-order valence-corrected chi connectivity index (χ1v) is 7.41. The highest BCUT2D eigenvalue weighted by molar-refractivity contribution is 6.31. The third-order valence-electron chi connectivity index (χ3n) is 3.03. The van der Waals surface area contributed by atoms with Crippen LogP contribution >= 0.6 is 35.6 Å². The van der Waals surface area contributed by atoms with E-state index in [0.29, 0.717) is 0 Å². The monoisotopic (exact) mass is 344 g/mol. The van der Waals surface area contributed by atoms with E-state index >= 15 is 0 Å². The van der Waals surface area contributed by atoms with E-state index in [1.54, 1.807) is 0 Å². The molecule has 2 nitrogen and oxygen atoms in total. The summed E-state index contributed by atoms with van der Waals surface area (Å²) in [7, 11) is 0. The van der Waals surface area contributed by atoms with Gasteiger partial charge in [0, 0.05) is 36.2 Å². The SMILES string of the molecule is Cl.Clc1ccccc1CNCCNCc1ccccc1Cl. The fourth-order valence-electron chi connectivity index (χ4n) is 1.91. The molecule has 2 aromatic carbocycles. The smallest absolute Gasteiger partial charge is 0.0450 e. The van der Waals surface area contributed by atoms with E-state index in [-0.39, 0.29) is 12.4 Å². The summed E-state index contributed by atoms with van der Waals surface area (Å²) in [5.74, 6) is 0. The van der Waals surface area contributed by atoms with Gasteiger partial charge in [0.05, 0.1) is 0 Å². The lowest BCUT2D eigenvalue weighted by molar-refractivity contribution is 0.611. The topological polar surface area (TPSA) is 24.1 Å². The molecule has 2 aromatic rings. The average Bonchev–Trinajstić information content (AvgIpc) is 2.46. The molecule has 114 valence electrons. The van der Waals surface area contributed by atoms with Gasteiger partial charge in [0.1, 0.15) is 0 Å². The molecule has 0 fully saturated rings. The van der Waals surface area contributed by atoms with Crippen molar-refractivity contribution >= 4 is 35.6 Å². The minimum atomic E-state index is 0. The van der Waals surface area contributed by atoms with Gasteiger partial charge in [-0.1, -0.05) is 59.6 Å². The first-order valence-electron chi connectivity index (χ1n) is 6.65. The van der Waals surface area contributed by atoms with Gasteiger partial charge in [-0.3, -0.25) is 0 Å². The van der Waals surface area contributed by atoms with E-state index in [1.807, 2.05) is 48.5 Å². The number of benzene rings is 2. The van der Waals surface area contributed by atoms with Gasteiger partial charge in [-0.25, -0.2) is 0 Å². The van der Waals surface area contributed by atoms with Crippen molar-refractivity contribution in [1.29, 1.82) is 0 Å². The highest BCUT2D eigenvalue weighted by Gasteiger charge is 1.99. The zero-order chi connectivity index (χ0) is 14.2. The fraction of sp³-hybridized carbons (Fsp3) is 0.250. The molecule has 0 aromatic heterocycles. The molecule has 0 atom stereocenters. The van der Waals surface area contributed by atoms with Crippen LogP contribution in [0.5, 0.6) is 0 Å². The standard InChI is InChI=1S/C16H18Cl2N2.ClH/c17-15-7-3-1-5-13(15)11-19-9-10-20-12-14-6-2-4-8-16(14)18;/h1-8,19-20H,9-12H2;1H. The Balaban J connectivity index is 0.00000220. The average molecular weight is 346 g/mol. The predicted molar refractivity (Wildman–Crippen MR) is 93.6 cm³/mol. The Kier molecular flexibility index (Phi) is 8.74. The van der Waals surface area contributed by atoms with E-state index in [0.717, 1.165) is 47.4 Å². The molecule has 0 unspecified atom stereocenters. The Morgan fingerprint density at radius 2 is 1.05 bits per heavy atom. The van der Waals surface area contributed by atoms with Crippen molar-refractivity contribution in [2.45, 2.75) is 13.1 Å². The van der Waals surface area contributed by atoms with Crippen LogP contribution in [0.25, 0.3) is 0 Å². The molecule has 2 rings (SSSR count). The van der Waals surface area contributed by atoms with Crippen LogP contribution < -0.4 is 10.6 Å². The minimum Gasteiger partial charge on any atom is -0.311 e. The van der Waals surface area contributed by atoms with Gasteiger partial charge >= 0.3 is 0 Å². The second kappa shape index (κ2) is 10.0. The molecular weight excluding hydrogens is 327 g/mol. The van der Waals surface area contributed by atoms with Gasteiger partial charge in [0.2, 0.25) is 0 Å². The summed E-state index contributed by atoms with van der Waals surface area (Å²) in [5.41, 5.74) is 2.25. The van der Waals surface area contributed by atoms with Crippen LogP contribution in [0, 0.1) is 0 Å². The van der Waals surface area contributed by atoms with Crippen molar-refractivity contribution in [3.05, 3.63) is 69.7 Å². The summed E-state index contributed by atoms with van der Waals surface area (Å²) in [4.78, 5) is 0. The third-order valence-corrected chi connectivity index (χ3v) is 3.76. The molecule has 0 heterocycles. The van der Waals surface area contributed by atoms with E-state index < -0.39 is 0 Å². The largest absolute Gasteiger partial charge is 0.311 e. The normalized spacial score (nSPS) is 10.2. The highest BCUT2D eigenvalue weighted by atomic mass is 35.5. The van der Waals surface area contributed by atoms with Gasteiger partial charge in [-0.05, 0) is 23.3 Å². The Morgan fingerprint density at radius 3 is 1.43 bits per heavy atom.